The van der Waals surface area contributed by atoms with E-state index in [-0.39, 0.29) is 11.7 Å². The highest BCUT2D eigenvalue weighted by molar-refractivity contribution is 6.18. The number of ether oxygens (including phenoxy) is 1. The Balaban J connectivity index is 2.51. The quantitative estimate of drug-likeness (QED) is 0.521. The first-order valence-electron chi connectivity index (χ1n) is 5.67. The van der Waals surface area contributed by atoms with Crippen LogP contribution < -0.4 is 0 Å². The van der Waals surface area contributed by atoms with Crippen LogP contribution >= 0.6 is 11.6 Å². The standard InChI is InChI=1S/C13H18ClFO/c1-2-8-16-9-7-11(10-14)12-5-3-4-6-13(12)15/h3-6,11H,2,7-10H2,1H3. The average Bonchev–Trinajstić information content (AvgIpc) is 2.31. The van der Waals surface area contributed by atoms with Crippen LogP contribution in [0.2, 0.25) is 0 Å². The van der Waals surface area contributed by atoms with Crippen molar-refractivity contribution in [2.24, 2.45) is 0 Å². The topological polar surface area (TPSA) is 9.23 Å². The van der Waals surface area contributed by atoms with E-state index in [2.05, 4.69) is 6.92 Å². The van der Waals surface area contributed by atoms with Crippen molar-refractivity contribution in [1.82, 2.24) is 0 Å². The Morgan fingerprint density at radius 3 is 2.69 bits per heavy atom. The lowest BCUT2D eigenvalue weighted by Crippen LogP contribution is -2.08. The molecule has 0 spiro atoms. The molecule has 1 aromatic carbocycles. The van der Waals surface area contributed by atoms with E-state index in [1.807, 2.05) is 6.07 Å². The van der Waals surface area contributed by atoms with Gasteiger partial charge in [0.2, 0.25) is 0 Å². The number of rotatable bonds is 7. The molecule has 0 aliphatic rings. The molecule has 0 aliphatic carbocycles. The molecule has 0 bridgehead atoms. The van der Waals surface area contributed by atoms with E-state index in [1.54, 1.807) is 12.1 Å². The molecule has 0 fully saturated rings. The van der Waals surface area contributed by atoms with Crippen LogP contribution in [0.4, 0.5) is 4.39 Å². The molecule has 0 aromatic heterocycles. The zero-order chi connectivity index (χ0) is 11.8. The molecule has 16 heavy (non-hydrogen) atoms. The second-order valence-corrected chi connectivity index (χ2v) is 4.08. The molecular formula is C13H18ClFO. The Hall–Kier alpha value is -0.600. The molecule has 90 valence electrons. The van der Waals surface area contributed by atoms with Gasteiger partial charge < -0.3 is 4.74 Å². The predicted molar refractivity (Wildman–Crippen MR) is 65.6 cm³/mol. The second-order valence-electron chi connectivity index (χ2n) is 3.77. The van der Waals surface area contributed by atoms with Crippen molar-refractivity contribution in [2.45, 2.75) is 25.7 Å². The zero-order valence-corrected chi connectivity index (χ0v) is 10.3. The van der Waals surface area contributed by atoms with Crippen molar-refractivity contribution in [3.63, 3.8) is 0 Å². The Morgan fingerprint density at radius 2 is 2.06 bits per heavy atom. The summed E-state index contributed by atoms with van der Waals surface area (Å²) in [6, 6.07) is 6.80. The number of hydrogen-bond donors (Lipinski definition) is 0. The van der Waals surface area contributed by atoms with Crippen molar-refractivity contribution in [3.8, 4) is 0 Å². The maximum atomic E-state index is 13.5. The Kier molecular flexibility index (Phi) is 6.43. The SMILES string of the molecule is CCCOCCC(CCl)c1ccccc1F. The van der Waals surface area contributed by atoms with Gasteiger partial charge >= 0.3 is 0 Å². The first-order chi connectivity index (χ1) is 7.79. The molecule has 3 heteroatoms. The summed E-state index contributed by atoms with van der Waals surface area (Å²) < 4.78 is 18.9. The van der Waals surface area contributed by atoms with Gasteiger partial charge in [0.25, 0.3) is 0 Å². The van der Waals surface area contributed by atoms with Crippen LogP contribution in [-0.2, 0) is 4.74 Å². The highest BCUT2D eigenvalue weighted by Gasteiger charge is 2.13. The maximum absolute atomic E-state index is 13.5. The van der Waals surface area contributed by atoms with Gasteiger partial charge in [0.15, 0.2) is 0 Å². The zero-order valence-electron chi connectivity index (χ0n) is 9.59. The first-order valence-corrected chi connectivity index (χ1v) is 6.21. The summed E-state index contributed by atoms with van der Waals surface area (Å²) in [6.45, 7) is 3.46. The van der Waals surface area contributed by atoms with Gasteiger partial charge in [-0.1, -0.05) is 25.1 Å². The number of alkyl halides is 1. The summed E-state index contributed by atoms with van der Waals surface area (Å²) in [5.74, 6) is 0.291. The Labute approximate surface area is 102 Å². The van der Waals surface area contributed by atoms with Crippen LogP contribution in [0.25, 0.3) is 0 Å². The smallest absolute Gasteiger partial charge is 0.126 e. The normalized spacial score (nSPS) is 12.7. The highest BCUT2D eigenvalue weighted by Crippen LogP contribution is 2.23. The molecule has 0 radical (unpaired) electrons. The fraction of sp³-hybridized carbons (Fsp3) is 0.538. The van der Waals surface area contributed by atoms with Crippen molar-refractivity contribution < 1.29 is 9.13 Å². The van der Waals surface area contributed by atoms with Gasteiger partial charge in [-0.05, 0) is 24.5 Å². The molecule has 1 rings (SSSR count). The van der Waals surface area contributed by atoms with Gasteiger partial charge in [-0.25, -0.2) is 4.39 Å². The van der Waals surface area contributed by atoms with Gasteiger partial charge in [-0.2, -0.15) is 0 Å². The molecule has 1 nitrogen and oxygen atoms in total. The molecular weight excluding hydrogens is 227 g/mol. The summed E-state index contributed by atoms with van der Waals surface area (Å²) in [5, 5.41) is 0. The van der Waals surface area contributed by atoms with E-state index in [0.29, 0.717) is 18.1 Å². The van der Waals surface area contributed by atoms with Crippen molar-refractivity contribution in [3.05, 3.63) is 35.6 Å². The maximum Gasteiger partial charge on any atom is 0.126 e. The molecule has 1 unspecified atom stereocenters. The summed E-state index contributed by atoms with van der Waals surface area (Å²) in [4.78, 5) is 0. The lowest BCUT2D eigenvalue weighted by atomic mass is 9.97. The van der Waals surface area contributed by atoms with Gasteiger partial charge in [-0.3, -0.25) is 0 Å². The fourth-order valence-electron chi connectivity index (χ4n) is 1.59. The van der Waals surface area contributed by atoms with Gasteiger partial charge in [-0.15, -0.1) is 11.6 Å². The largest absolute Gasteiger partial charge is 0.381 e. The highest BCUT2D eigenvalue weighted by atomic mass is 35.5. The molecule has 0 heterocycles. The average molecular weight is 245 g/mol. The predicted octanol–water partition coefficient (Wildman–Crippen LogP) is 3.96. The molecule has 1 atom stereocenters. The third-order valence-corrected chi connectivity index (χ3v) is 2.86. The van der Waals surface area contributed by atoms with E-state index in [0.717, 1.165) is 19.4 Å². The summed E-state index contributed by atoms with van der Waals surface area (Å²) >= 11 is 5.86. The van der Waals surface area contributed by atoms with Crippen molar-refractivity contribution >= 4 is 11.6 Å². The van der Waals surface area contributed by atoms with Gasteiger partial charge in [0.05, 0.1) is 0 Å². The molecule has 0 amide bonds. The molecule has 0 aliphatic heterocycles. The molecule has 0 saturated heterocycles. The monoisotopic (exact) mass is 244 g/mol. The number of benzene rings is 1. The van der Waals surface area contributed by atoms with E-state index < -0.39 is 0 Å². The minimum Gasteiger partial charge on any atom is -0.381 e. The lowest BCUT2D eigenvalue weighted by Gasteiger charge is -2.15. The second kappa shape index (κ2) is 7.64. The number of halogens is 2. The summed E-state index contributed by atoms with van der Waals surface area (Å²) in [6.07, 6.45) is 1.77. The minimum absolute atomic E-state index is 0.0414. The first kappa shape index (κ1) is 13.5. The van der Waals surface area contributed by atoms with Gasteiger partial charge in [0.1, 0.15) is 5.82 Å². The lowest BCUT2D eigenvalue weighted by molar-refractivity contribution is 0.128. The van der Waals surface area contributed by atoms with Crippen LogP contribution in [-0.4, -0.2) is 19.1 Å². The van der Waals surface area contributed by atoms with Crippen LogP contribution in [0.5, 0.6) is 0 Å². The third kappa shape index (κ3) is 4.11. The van der Waals surface area contributed by atoms with E-state index in [4.69, 9.17) is 16.3 Å². The van der Waals surface area contributed by atoms with Crippen molar-refractivity contribution in [1.29, 1.82) is 0 Å². The molecule has 0 N–H and O–H groups in total. The minimum atomic E-state index is -0.177. The van der Waals surface area contributed by atoms with Crippen LogP contribution in [0, 0.1) is 5.82 Å². The number of hydrogen-bond acceptors (Lipinski definition) is 1. The Morgan fingerprint density at radius 1 is 1.31 bits per heavy atom. The summed E-state index contributed by atoms with van der Waals surface area (Å²) in [5.41, 5.74) is 0.692. The van der Waals surface area contributed by atoms with Crippen LogP contribution in [0.3, 0.4) is 0 Å². The third-order valence-electron chi connectivity index (χ3n) is 2.49. The van der Waals surface area contributed by atoms with Crippen LogP contribution in [0.1, 0.15) is 31.2 Å². The van der Waals surface area contributed by atoms with E-state index in [9.17, 15) is 4.39 Å². The fourth-order valence-corrected chi connectivity index (χ4v) is 1.91. The van der Waals surface area contributed by atoms with Crippen molar-refractivity contribution in [2.75, 3.05) is 19.1 Å². The summed E-state index contributed by atoms with van der Waals surface area (Å²) in [7, 11) is 0. The van der Waals surface area contributed by atoms with Crippen LogP contribution in [0.15, 0.2) is 24.3 Å². The molecule has 0 saturated carbocycles. The van der Waals surface area contributed by atoms with Gasteiger partial charge in [0, 0.05) is 25.0 Å². The van der Waals surface area contributed by atoms with E-state index >= 15 is 0 Å². The van der Waals surface area contributed by atoms with E-state index in [1.165, 1.54) is 6.07 Å². The Bertz CT molecular complexity index is 304. The molecule has 1 aromatic rings.